The predicted octanol–water partition coefficient (Wildman–Crippen LogP) is -3.41. The van der Waals surface area contributed by atoms with Crippen LogP contribution in [0.1, 0.15) is 0 Å². The fraction of sp³-hybridized carbons (Fsp3) is 1.00. The van der Waals surface area contributed by atoms with Gasteiger partial charge in [-0.1, -0.05) is 0 Å². The van der Waals surface area contributed by atoms with Crippen molar-refractivity contribution >= 4 is 18.3 Å². The first kappa shape index (κ1) is 15.7. The molecule has 0 amide bonds. The van der Waals surface area contributed by atoms with E-state index in [0.717, 1.165) is 0 Å². The van der Waals surface area contributed by atoms with E-state index < -0.39 is 31.5 Å². The lowest BCUT2D eigenvalue weighted by Crippen LogP contribution is -2.33. The second kappa shape index (κ2) is 7.08. The van der Waals surface area contributed by atoms with Crippen LogP contribution in [0.15, 0.2) is 0 Å². The maximum Gasteiger partial charge on any atom is 0.417 e. The molecule has 0 aliphatic heterocycles. The summed E-state index contributed by atoms with van der Waals surface area (Å²) in [7, 11) is -10.1. The highest BCUT2D eigenvalue weighted by Crippen LogP contribution is 2.04. The molecule has 12 heteroatoms. The van der Waals surface area contributed by atoms with E-state index in [1.165, 1.54) is 0 Å². The van der Waals surface area contributed by atoms with Gasteiger partial charge in [-0.15, -0.1) is 0 Å². The van der Waals surface area contributed by atoms with Gasteiger partial charge in [-0.3, -0.25) is 0 Å². The quantitative estimate of drug-likeness (QED) is 0.191. The van der Waals surface area contributed by atoms with Crippen molar-refractivity contribution in [1.82, 2.24) is 11.0 Å². The van der Waals surface area contributed by atoms with Gasteiger partial charge in [0.1, 0.15) is 0 Å². The molecule has 0 aromatic carbocycles. The van der Waals surface area contributed by atoms with E-state index in [9.17, 15) is 16.8 Å². The van der Waals surface area contributed by atoms with Gasteiger partial charge in [0.05, 0.1) is 13.2 Å². The summed E-state index contributed by atoms with van der Waals surface area (Å²) >= 11 is 0. The molecule has 0 heterocycles. The first-order chi connectivity index (χ1) is 7.37. The van der Waals surface area contributed by atoms with Crippen molar-refractivity contribution in [2.45, 2.75) is 0 Å². The lowest BCUT2D eigenvalue weighted by Gasteiger charge is -2.06. The third kappa shape index (κ3) is 5.13. The Balaban J connectivity index is 4.36. The van der Waals surface area contributed by atoms with Crippen LogP contribution in [0.25, 0.3) is 0 Å². The van der Waals surface area contributed by atoms with Gasteiger partial charge < -0.3 is 10.2 Å². The molecule has 0 saturated carbocycles. The highest BCUT2D eigenvalue weighted by atomic mass is 33.2. The molecule has 0 rings (SSSR count). The summed E-state index contributed by atoms with van der Waals surface area (Å²) in [6.45, 7) is -1.45. The third-order valence-electron chi connectivity index (χ3n) is 1.000. The van der Waals surface area contributed by atoms with Gasteiger partial charge in [-0.25, -0.2) is 0 Å². The first-order valence-electron chi connectivity index (χ1n) is 3.91. The molecule has 16 heavy (non-hydrogen) atoms. The smallest absolute Gasteiger partial charge is 0.395 e. The maximum absolute atomic E-state index is 10.9. The zero-order chi connectivity index (χ0) is 12.7. The van der Waals surface area contributed by atoms with Crippen molar-refractivity contribution < 1.29 is 35.6 Å². The van der Waals surface area contributed by atoms with Crippen molar-refractivity contribution in [1.29, 1.82) is 0 Å². The zero-order valence-corrected chi connectivity index (χ0v) is 9.62. The predicted molar refractivity (Wildman–Crippen MR) is 50.2 cm³/mol. The molecule has 0 aromatic rings. The van der Waals surface area contributed by atoms with Gasteiger partial charge in [-0.2, -0.15) is 36.4 Å². The van der Waals surface area contributed by atoms with Crippen molar-refractivity contribution in [3.8, 4) is 0 Å². The minimum Gasteiger partial charge on any atom is -0.395 e. The van der Waals surface area contributed by atoms with Crippen LogP contribution in [0.2, 0.25) is 0 Å². The normalized spacial score (nSPS) is 12.9. The van der Waals surface area contributed by atoms with Crippen molar-refractivity contribution in [2.24, 2.45) is 0 Å². The summed E-state index contributed by atoms with van der Waals surface area (Å²) in [5.41, 5.74) is 3.40. The molecule has 98 valence electrons. The number of aliphatic hydroxyl groups is 2. The fourth-order valence-corrected chi connectivity index (χ4v) is 1.81. The average Bonchev–Trinajstić information content (AvgIpc) is 2.18. The SMILES string of the molecule is O=S(=O)(ONCCO)S(=O)(=O)ONCCO. The van der Waals surface area contributed by atoms with E-state index in [4.69, 9.17) is 10.2 Å². The van der Waals surface area contributed by atoms with Crippen LogP contribution in [0.3, 0.4) is 0 Å². The summed E-state index contributed by atoms with van der Waals surface area (Å²) in [6, 6.07) is 0. The number of hydrogen-bond donors (Lipinski definition) is 4. The highest BCUT2D eigenvalue weighted by Gasteiger charge is 2.33. The monoisotopic (exact) mass is 280 g/mol. The highest BCUT2D eigenvalue weighted by molar-refractivity contribution is 8.63. The van der Waals surface area contributed by atoms with E-state index in [2.05, 4.69) is 8.57 Å². The van der Waals surface area contributed by atoms with Crippen LogP contribution in [0.5, 0.6) is 0 Å². The van der Waals surface area contributed by atoms with Crippen LogP contribution in [-0.4, -0.2) is 53.4 Å². The summed E-state index contributed by atoms with van der Waals surface area (Å²) in [6.07, 6.45) is 0. The Morgan fingerprint density at radius 1 is 0.812 bits per heavy atom. The zero-order valence-electron chi connectivity index (χ0n) is 7.99. The number of nitrogens with one attached hydrogen (secondary N) is 2. The van der Waals surface area contributed by atoms with E-state index in [0.29, 0.717) is 0 Å². The lowest BCUT2D eigenvalue weighted by atomic mass is 10.8. The summed E-state index contributed by atoms with van der Waals surface area (Å²) < 4.78 is 51.4. The van der Waals surface area contributed by atoms with E-state index in [1.54, 1.807) is 11.0 Å². The van der Waals surface area contributed by atoms with Gasteiger partial charge in [-0.05, 0) is 0 Å². The second-order valence-corrected chi connectivity index (χ2v) is 6.63. The number of hydroxylamine groups is 2. The Hall–Kier alpha value is -0.340. The Morgan fingerprint density at radius 3 is 1.38 bits per heavy atom. The average molecular weight is 280 g/mol. The van der Waals surface area contributed by atoms with Gasteiger partial charge in [0.15, 0.2) is 0 Å². The maximum atomic E-state index is 10.9. The summed E-state index contributed by atoms with van der Waals surface area (Å²) in [4.78, 5) is 0. The molecule has 10 nitrogen and oxygen atoms in total. The molecule has 0 saturated heterocycles. The topological polar surface area (TPSA) is 151 Å². The van der Waals surface area contributed by atoms with Crippen LogP contribution in [0, 0.1) is 0 Å². The molecule has 0 bridgehead atoms. The number of rotatable bonds is 9. The fourth-order valence-electron chi connectivity index (χ4n) is 0.402. The molecule has 0 aliphatic rings. The number of hydrogen-bond acceptors (Lipinski definition) is 10. The van der Waals surface area contributed by atoms with Crippen molar-refractivity contribution in [2.75, 3.05) is 26.3 Å². The van der Waals surface area contributed by atoms with E-state index in [1.807, 2.05) is 0 Å². The minimum atomic E-state index is -5.03. The molecule has 0 spiro atoms. The molecular formula is C4H12N2O8S2. The van der Waals surface area contributed by atoms with Gasteiger partial charge in [0, 0.05) is 13.1 Å². The Kier molecular flexibility index (Phi) is 6.93. The van der Waals surface area contributed by atoms with Crippen LogP contribution >= 0.6 is 0 Å². The lowest BCUT2D eigenvalue weighted by molar-refractivity contribution is 0.161. The second-order valence-electron chi connectivity index (χ2n) is 2.22. The third-order valence-corrected chi connectivity index (χ3v) is 4.05. The Labute approximate surface area is 91.7 Å². The Morgan fingerprint density at radius 2 is 1.12 bits per heavy atom. The van der Waals surface area contributed by atoms with Crippen molar-refractivity contribution in [3.05, 3.63) is 0 Å². The van der Waals surface area contributed by atoms with Gasteiger partial charge >= 0.3 is 18.3 Å². The Bertz CT molecular complexity index is 337. The van der Waals surface area contributed by atoms with E-state index in [-0.39, 0.29) is 13.1 Å². The number of aliphatic hydroxyl groups excluding tert-OH is 2. The van der Waals surface area contributed by atoms with Gasteiger partial charge in [0.25, 0.3) is 0 Å². The molecular weight excluding hydrogens is 268 g/mol. The standard InChI is InChI=1S/C4H12N2O8S2/c7-3-1-5-13-15(9,10)16(11,12)14-6-2-4-8/h5-8H,1-4H2. The molecule has 0 aliphatic carbocycles. The van der Waals surface area contributed by atoms with Crippen LogP contribution in [-0.2, 0) is 26.9 Å². The molecule has 0 fully saturated rings. The molecule has 0 unspecified atom stereocenters. The molecule has 4 N–H and O–H groups in total. The summed E-state index contributed by atoms with van der Waals surface area (Å²) in [5, 5.41) is 16.6. The van der Waals surface area contributed by atoms with Crippen molar-refractivity contribution in [3.63, 3.8) is 0 Å². The van der Waals surface area contributed by atoms with Gasteiger partial charge in [0.2, 0.25) is 0 Å². The van der Waals surface area contributed by atoms with Crippen LogP contribution in [0.4, 0.5) is 0 Å². The molecule has 0 atom stereocenters. The first-order valence-corrected chi connectivity index (χ1v) is 7.25. The summed E-state index contributed by atoms with van der Waals surface area (Å²) in [5.74, 6) is 0. The molecule has 0 aromatic heterocycles. The van der Waals surface area contributed by atoms with Crippen LogP contribution < -0.4 is 11.0 Å². The molecule has 0 radical (unpaired) electrons. The minimum absolute atomic E-state index is 0.279. The van der Waals surface area contributed by atoms with E-state index >= 15 is 0 Å². The largest absolute Gasteiger partial charge is 0.417 e.